The Bertz CT molecular complexity index is 581. The molecule has 0 aliphatic heterocycles. The summed E-state index contributed by atoms with van der Waals surface area (Å²) in [6.45, 7) is 3.63. The molecular formula is C13H16FN3O2. The minimum Gasteiger partial charge on any atom is -0.488 e. The highest BCUT2D eigenvalue weighted by Crippen LogP contribution is 2.33. The zero-order chi connectivity index (χ0) is 14.0. The van der Waals surface area contributed by atoms with Crippen molar-refractivity contribution in [1.82, 2.24) is 9.78 Å². The lowest BCUT2D eigenvalue weighted by molar-refractivity contribution is 0.230. The van der Waals surface area contributed by atoms with Gasteiger partial charge in [0.15, 0.2) is 23.1 Å². The summed E-state index contributed by atoms with van der Waals surface area (Å²) in [4.78, 5) is 0. The minimum absolute atomic E-state index is 0.114. The molecule has 19 heavy (non-hydrogen) atoms. The second kappa shape index (κ2) is 5.17. The molecule has 0 aliphatic rings. The van der Waals surface area contributed by atoms with Gasteiger partial charge in [0.05, 0.1) is 24.2 Å². The standard InChI is InChI=1S/C13H16FN3O2/c1-8(2)18-12-5-13(11(15)4-10(12)14)19-9-6-16-17(3)7-9/h4-8H,15H2,1-3H3. The first-order valence-electron chi connectivity index (χ1n) is 5.88. The van der Waals surface area contributed by atoms with E-state index in [1.54, 1.807) is 24.1 Å². The van der Waals surface area contributed by atoms with Gasteiger partial charge in [-0.2, -0.15) is 5.10 Å². The van der Waals surface area contributed by atoms with Gasteiger partial charge in [0, 0.05) is 19.2 Å². The predicted octanol–water partition coefficient (Wildman–Crippen LogP) is 2.72. The van der Waals surface area contributed by atoms with Gasteiger partial charge in [-0.25, -0.2) is 4.39 Å². The third-order valence-corrected chi connectivity index (χ3v) is 2.34. The van der Waals surface area contributed by atoms with Crippen molar-refractivity contribution >= 4 is 5.69 Å². The Kier molecular flexibility index (Phi) is 3.59. The molecule has 0 fully saturated rings. The molecular weight excluding hydrogens is 249 g/mol. The Morgan fingerprint density at radius 3 is 2.63 bits per heavy atom. The van der Waals surface area contributed by atoms with E-state index in [4.69, 9.17) is 15.2 Å². The van der Waals surface area contributed by atoms with E-state index in [1.165, 1.54) is 12.1 Å². The third kappa shape index (κ3) is 3.15. The fourth-order valence-corrected chi connectivity index (χ4v) is 1.56. The predicted molar refractivity (Wildman–Crippen MR) is 69.9 cm³/mol. The summed E-state index contributed by atoms with van der Waals surface area (Å²) in [5.74, 6) is 0.467. The van der Waals surface area contributed by atoms with E-state index in [9.17, 15) is 4.39 Å². The van der Waals surface area contributed by atoms with Crippen LogP contribution in [0.1, 0.15) is 13.8 Å². The molecule has 0 saturated carbocycles. The number of anilines is 1. The smallest absolute Gasteiger partial charge is 0.167 e. The second-order valence-electron chi connectivity index (χ2n) is 4.44. The number of benzene rings is 1. The Labute approximate surface area is 110 Å². The van der Waals surface area contributed by atoms with Crippen molar-refractivity contribution in [2.75, 3.05) is 5.73 Å². The number of hydrogen-bond acceptors (Lipinski definition) is 4. The van der Waals surface area contributed by atoms with Gasteiger partial charge < -0.3 is 15.2 Å². The number of halogens is 1. The van der Waals surface area contributed by atoms with E-state index < -0.39 is 5.82 Å². The maximum Gasteiger partial charge on any atom is 0.167 e. The number of nitrogens with zero attached hydrogens (tertiary/aromatic N) is 2. The third-order valence-electron chi connectivity index (χ3n) is 2.34. The van der Waals surface area contributed by atoms with Crippen molar-refractivity contribution in [3.05, 3.63) is 30.3 Å². The van der Waals surface area contributed by atoms with Crippen molar-refractivity contribution in [3.8, 4) is 17.2 Å². The molecule has 0 bridgehead atoms. The van der Waals surface area contributed by atoms with E-state index >= 15 is 0 Å². The van der Waals surface area contributed by atoms with Gasteiger partial charge in [0.2, 0.25) is 0 Å². The highest BCUT2D eigenvalue weighted by molar-refractivity contribution is 5.57. The summed E-state index contributed by atoms with van der Waals surface area (Å²) < 4.78 is 26.2. The molecule has 1 aromatic heterocycles. The van der Waals surface area contributed by atoms with Gasteiger partial charge in [-0.1, -0.05) is 0 Å². The summed E-state index contributed by atoms with van der Waals surface area (Å²) in [6.07, 6.45) is 3.10. The average molecular weight is 265 g/mol. The Balaban J connectivity index is 2.29. The van der Waals surface area contributed by atoms with E-state index in [2.05, 4.69) is 5.10 Å². The zero-order valence-corrected chi connectivity index (χ0v) is 11.1. The molecule has 0 spiro atoms. The Morgan fingerprint density at radius 1 is 1.32 bits per heavy atom. The lowest BCUT2D eigenvalue weighted by atomic mass is 10.2. The van der Waals surface area contributed by atoms with Gasteiger partial charge in [-0.05, 0) is 13.8 Å². The van der Waals surface area contributed by atoms with Gasteiger partial charge >= 0.3 is 0 Å². The first kappa shape index (κ1) is 13.2. The monoisotopic (exact) mass is 265 g/mol. The van der Waals surface area contributed by atoms with Crippen molar-refractivity contribution < 1.29 is 13.9 Å². The molecule has 1 heterocycles. The number of rotatable bonds is 4. The quantitative estimate of drug-likeness (QED) is 0.863. The van der Waals surface area contributed by atoms with Crippen LogP contribution in [0.2, 0.25) is 0 Å². The number of hydrogen-bond donors (Lipinski definition) is 1. The van der Waals surface area contributed by atoms with Gasteiger partial charge in [0.1, 0.15) is 0 Å². The molecule has 1 aromatic carbocycles. The molecule has 6 heteroatoms. The molecule has 0 atom stereocenters. The number of nitrogens with two attached hydrogens (primary N) is 1. The summed E-state index contributed by atoms with van der Waals surface area (Å²) in [5, 5.41) is 3.98. The number of nitrogen functional groups attached to an aromatic ring is 1. The second-order valence-corrected chi connectivity index (χ2v) is 4.44. The molecule has 2 aromatic rings. The number of ether oxygens (including phenoxy) is 2. The van der Waals surface area contributed by atoms with Crippen molar-refractivity contribution in [3.63, 3.8) is 0 Å². The van der Waals surface area contributed by atoms with E-state index in [0.29, 0.717) is 11.5 Å². The van der Waals surface area contributed by atoms with Crippen LogP contribution in [-0.4, -0.2) is 15.9 Å². The fourth-order valence-electron chi connectivity index (χ4n) is 1.56. The summed E-state index contributed by atoms with van der Waals surface area (Å²) in [6, 6.07) is 2.63. The molecule has 2 N–H and O–H groups in total. The Hall–Kier alpha value is -2.24. The first-order valence-corrected chi connectivity index (χ1v) is 5.88. The van der Waals surface area contributed by atoms with Gasteiger partial charge in [-0.15, -0.1) is 0 Å². The molecule has 0 aliphatic carbocycles. The zero-order valence-electron chi connectivity index (χ0n) is 11.1. The number of aromatic nitrogens is 2. The maximum atomic E-state index is 13.7. The molecule has 2 rings (SSSR count). The van der Waals surface area contributed by atoms with E-state index in [-0.39, 0.29) is 17.5 Å². The largest absolute Gasteiger partial charge is 0.488 e. The summed E-state index contributed by atoms with van der Waals surface area (Å²) in [7, 11) is 1.77. The van der Waals surface area contributed by atoms with Crippen LogP contribution in [0.4, 0.5) is 10.1 Å². The highest BCUT2D eigenvalue weighted by Gasteiger charge is 2.12. The van der Waals surface area contributed by atoms with Crippen molar-refractivity contribution in [2.24, 2.45) is 7.05 Å². The van der Waals surface area contributed by atoms with Crippen LogP contribution in [0, 0.1) is 5.82 Å². The number of aryl methyl sites for hydroxylation is 1. The lowest BCUT2D eigenvalue weighted by Gasteiger charge is -2.13. The normalized spacial score (nSPS) is 10.8. The average Bonchev–Trinajstić information content (AvgIpc) is 2.70. The van der Waals surface area contributed by atoms with Crippen LogP contribution in [0.25, 0.3) is 0 Å². The Morgan fingerprint density at radius 2 is 2.05 bits per heavy atom. The molecule has 102 valence electrons. The van der Waals surface area contributed by atoms with Crippen LogP contribution in [0.5, 0.6) is 17.2 Å². The van der Waals surface area contributed by atoms with Crippen LogP contribution in [0.15, 0.2) is 24.5 Å². The maximum absolute atomic E-state index is 13.7. The topological polar surface area (TPSA) is 62.3 Å². The van der Waals surface area contributed by atoms with Crippen LogP contribution in [0.3, 0.4) is 0 Å². The fraction of sp³-hybridized carbons (Fsp3) is 0.308. The summed E-state index contributed by atoms with van der Waals surface area (Å²) >= 11 is 0. The molecule has 0 radical (unpaired) electrons. The molecule has 0 saturated heterocycles. The SMILES string of the molecule is CC(C)Oc1cc(Oc2cnn(C)c2)c(N)cc1F. The van der Waals surface area contributed by atoms with Crippen molar-refractivity contribution in [2.45, 2.75) is 20.0 Å². The minimum atomic E-state index is -0.510. The lowest BCUT2D eigenvalue weighted by Crippen LogP contribution is -2.07. The molecule has 5 nitrogen and oxygen atoms in total. The van der Waals surface area contributed by atoms with Crippen LogP contribution >= 0.6 is 0 Å². The van der Waals surface area contributed by atoms with Gasteiger partial charge in [0.25, 0.3) is 0 Å². The van der Waals surface area contributed by atoms with E-state index in [1.807, 2.05) is 13.8 Å². The van der Waals surface area contributed by atoms with Crippen molar-refractivity contribution in [1.29, 1.82) is 0 Å². The first-order chi connectivity index (χ1) is 8.95. The van der Waals surface area contributed by atoms with E-state index in [0.717, 1.165) is 0 Å². The summed E-state index contributed by atoms with van der Waals surface area (Å²) in [5.41, 5.74) is 5.93. The molecule has 0 unspecified atom stereocenters. The molecule has 0 amide bonds. The van der Waals surface area contributed by atoms with Crippen LogP contribution in [-0.2, 0) is 7.05 Å². The highest BCUT2D eigenvalue weighted by atomic mass is 19.1. The van der Waals surface area contributed by atoms with Crippen LogP contribution < -0.4 is 15.2 Å². The van der Waals surface area contributed by atoms with Gasteiger partial charge in [-0.3, -0.25) is 4.68 Å².